The average Bonchev–Trinajstić information content (AvgIpc) is 3.32. The number of nitrogens with one attached hydrogen (secondary N) is 1. The Morgan fingerprint density at radius 1 is 1.26 bits per heavy atom. The number of hydrogen-bond acceptors (Lipinski definition) is 5. The predicted octanol–water partition coefficient (Wildman–Crippen LogP) is 2.44. The molecular weight excluding hydrogens is 444 g/mol. The molecule has 2 aromatic carbocycles. The highest BCUT2D eigenvalue weighted by atomic mass is 16.5. The minimum absolute atomic E-state index is 0.179. The summed E-state index contributed by atoms with van der Waals surface area (Å²) in [4.78, 5) is 42.3. The monoisotopic (exact) mass is 482 g/mol. The maximum absolute atomic E-state index is 13.3. The first kappa shape index (κ1) is 26.6. The van der Waals surface area contributed by atoms with E-state index >= 15 is 0 Å². The first-order valence-corrected chi connectivity index (χ1v) is 12.5. The third-order valence-electron chi connectivity index (χ3n) is 6.55. The van der Waals surface area contributed by atoms with Crippen LogP contribution in [0.5, 0.6) is 0 Å². The Hall–Kier alpha value is -2.97. The lowest BCUT2D eigenvalue weighted by atomic mass is 9.99. The second-order valence-corrected chi connectivity index (χ2v) is 9.45. The number of likely N-dealkylation sites (tertiary alicyclic amines) is 1. The van der Waals surface area contributed by atoms with E-state index in [2.05, 4.69) is 5.32 Å². The third kappa shape index (κ3) is 6.38. The SMILES string of the molecule is CCOC(C)(C)C(=O)N1CCCC1N(C=O)[C@H](Cc1ccc2ccccc2c1)C(=O)NCCCN. The van der Waals surface area contributed by atoms with Crippen LogP contribution in [0.4, 0.5) is 0 Å². The predicted molar refractivity (Wildman–Crippen MR) is 136 cm³/mol. The molecule has 1 saturated heterocycles. The standard InChI is InChI=1S/C27H38N4O4/c1-4-35-27(2,3)26(34)30-16-7-11-24(30)31(19-32)23(25(33)29-15-8-14-28)18-20-12-13-21-9-5-6-10-22(21)17-20/h5-6,9-10,12-13,17,19,23-24H,4,7-8,11,14-16,18,28H2,1-3H3,(H,29,33)/t23-,24?/m1/s1. The highest BCUT2D eigenvalue weighted by Gasteiger charge is 2.43. The molecule has 1 heterocycles. The Labute approximate surface area is 207 Å². The van der Waals surface area contributed by atoms with Gasteiger partial charge in [-0.05, 0) is 62.9 Å². The molecule has 2 aromatic rings. The van der Waals surface area contributed by atoms with Crippen LogP contribution in [0.2, 0.25) is 0 Å². The number of nitrogens with zero attached hydrogens (tertiary/aromatic N) is 2. The van der Waals surface area contributed by atoms with E-state index in [9.17, 15) is 14.4 Å². The Morgan fingerprint density at radius 3 is 2.69 bits per heavy atom. The number of amides is 3. The summed E-state index contributed by atoms with van der Waals surface area (Å²) < 4.78 is 5.69. The Kier molecular flexibility index (Phi) is 9.23. The molecule has 35 heavy (non-hydrogen) atoms. The van der Waals surface area contributed by atoms with Crippen molar-refractivity contribution < 1.29 is 19.1 Å². The molecule has 1 aliphatic heterocycles. The van der Waals surface area contributed by atoms with Gasteiger partial charge in [-0.25, -0.2) is 0 Å². The molecule has 0 aliphatic carbocycles. The van der Waals surface area contributed by atoms with Crippen LogP contribution in [0.25, 0.3) is 10.8 Å². The van der Waals surface area contributed by atoms with Crippen LogP contribution < -0.4 is 11.1 Å². The largest absolute Gasteiger partial charge is 0.366 e. The molecule has 3 N–H and O–H groups in total. The summed E-state index contributed by atoms with van der Waals surface area (Å²) in [5.74, 6) is -0.427. The quantitative estimate of drug-likeness (QED) is 0.357. The molecule has 0 bridgehead atoms. The van der Waals surface area contributed by atoms with Gasteiger partial charge in [-0.3, -0.25) is 14.4 Å². The van der Waals surface area contributed by atoms with Gasteiger partial charge in [0.2, 0.25) is 12.3 Å². The number of carbonyl (C=O) groups excluding carboxylic acids is 3. The summed E-state index contributed by atoms with van der Waals surface area (Å²) in [7, 11) is 0. The van der Waals surface area contributed by atoms with Gasteiger partial charge in [-0.2, -0.15) is 0 Å². The zero-order chi connectivity index (χ0) is 25.4. The van der Waals surface area contributed by atoms with Crippen molar-refractivity contribution in [1.29, 1.82) is 0 Å². The van der Waals surface area contributed by atoms with Crippen LogP contribution >= 0.6 is 0 Å². The van der Waals surface area contributed by atoms with Crippen molar-refractivity contribution in [2.75, 3.05) is 26.2 Å². The van der Waals surface area contributed by atoms with E-state index in [1.54, 1.807) is 18.7 Å². The number of fused-ring (bicyclic) bond motifs is 1. The van der Waals surface area contributed by atoms with Gasteiger partial charge < -0.3 is 25.6 Å². The van der Waals surface area contributed by atoms with Crippen LogP contribution in [-0.4, -0.2) is 72.1 Å². The van der Waals surface area contributed by atoms with Gasteiger partial charge in [0.15, 0.2) is 0 Å². The topological polar surface area (TPSA) is 105 Å². The van der Waals surface area contributed by atoms with Gasteiger partial charge in [0, 0.05) is 26.1 Å². The maximum atomic E-state index is 13.3. The molecule has 0 spiro atoms. The molecule has 8 nitrogen and oxygen atoms in total. The molecule has 3 rings (SSSR count). The van der Waals surface area contributed by atoms with Gasteiger partial charge in [0.05, 0.1) is 0 Å². The van der Waals surface area contributed by atoms with Gasteiger partial charge in [-0.15, -0.1) is 0 Å². The number of benzene rings is 2. The third-order valence-corrected chi connectivity index (χ3v) is 6.55. The van der Waals surface area contributed by atoms with Gasteiger partial charge in [0.25, 0.3) is 5.91 Å². The highest BCUT2D eigenvalue weighted by Crippen LogP contribution is 2.27. The number of hydrogen-bond donors (Lipinski definition) is 2. The summed E-state index contributed by atoms with van der Waals surface area (Å²) >= 11 is 0. The lowest BCUT2D eigenvalue weighted by Gasteiger charge is -2.40. The van der Waals surface area contributed by atoms with E-state index in [0.29, 0.717) is 51.9 Å². The molecule has 3 amide bonds. The zero-order valence-electron chi connectivity index (χ0n) is 21.0. The first-order chi connectivity index (χ1) is 16.8. The molecule has 2 atom stereocenters. The Balaban J connectivity index is 1.90. The normalized spacial score (nSPS) is 16.8. The molecule has 8 heteroatoms. The average molecular weight is 483 g/mol. The van der Waals surface area contributed by atoms with Crippen molar-refractivity contribution in [1.82, 2.24) is 15.1 Å². The van der Waals surface area contributed by atoms with Crippen LogP contribution in [0.3, 0.4) is 0 Å². The Morgan fingerprint density at radius 2 is 2.00 bits per heavy atom. The van der Waals surface area contributed by atoms with E-state index in [1.165, 1.54) is 4.90 Å². The molecular formula is C27H38N4O4. The smallest absolute Gasteiger partial charge is 0.255 e. The summed E-state index contributed by atoms with van der Waals surface area (Å²) in [6.07, 6.45) is 2.54. The van der Waals surface area contributed by atoms with Crippen molar-refractivity contribution in [2.24, 2.45) is 5.73 Å². The van der Waals surface area contributed by atoms with Crippen molar-refractivity contribution in [3.8, 4) is 0 Å². The number of ether oxygens (including phenoxy) is 1. The van der Waals surface area contributed by atoms with Gasteiger partial charge >= 0.3 is 0 Å². The minimum atomic E-state index is -1.01. The van der Waals surface area contributed by atoms with Crippen molar-refractivity contribution in [3.05, 3.63) is 48.0 Å². The molecule has 1 unspecified atom stereocenters. The fourth-order valence-electron chi connectivity index (χ4n) is 4.77. The molecule has 1 aliphatic rings. The Bertz CT molecular complexity index is 1030. The van der Waals surface area contributed by atoms with E-state index in [1.807, 2.05) is 49.4 Å². The lowest BCUT2D eigenvalue weighted by Crippen LogP contribution is -2.59. The molecule has 0 radical (unpaired) electrons. The highest BCUT2D eigenvalue weighted by molar-refractivity contribution is 5.87. The van der Waals surface area contributed by atoms with E-state index < -0.39 is 17.8 Å². The van der Waals surface area contributed by atoms with E-state index in [-0.39, 0.29) is 11.8 Å². The van der Waals surface area contributed by atoms with E-state index in [0.717, 1.165) is 22.8 Å². The number of nitrogens with two attached hydrogens (primary N) is 1. The van der Waals surface area contributed by atoms with Crippen molar-refractivity contribution >= 4 is 29.0 Å². The summed E-state index contributed by atoms with van der Waals surface area (Å²) in [6.45, 7) is 7.15. The number of carbonyl (C=O) groups is 3. The fourth-order valence-corrected chi connectivity index (χ4v) is 4.77. The van der Waals surface area contributed by atoms with Gasteiger partial charge in [-0.1, -0.05) is 42.5 Å². The van der Waals surface area contributed by atoms with Crippen LogP contribution in [0.15, 0.2) is 42.5 Å². The maximum Gasteiger partial charge on any atom is 0.255 e. The fraction of sp³-hybridized carbons (Fsp3) is 0.519. The summed E-state index contributed by atoms with van der Waals surface area (Å²) in [5.41, 5.74) is 5.53. The molecule has 1 fully saturated rings. The second-order valence-electron chi connectivity index (χ2n) is 9.45. The lowest BCUT2D eigenvalue weighted by molar-refractivity contribution is -0.161. The first-order valence-electron chi connectivity index (χ1n) is 12.5. The van der Waals surface area contributed by atoms with Crippen LogP contribution in [0, 0.1) is 0 Å². The van der Waals surface area contributed by atoms with Gasteiger partial charge in [0.1, 0.15) is 17.8 Å². The number of rotatable bonds is 12. The summed E-state index contributed by atoms with van der Waals surface area (Å²) in [5, 5.41) is 5.11. The van der Waals surface area contributed by atoms with Crippen LogP contribution in [0.1, 0.15) is 45.6 Å². The minimum Gasteiger partial charge on any atom is -0.366 e. The zero-order valence-corrected chi connectivity index (χ0v) is 21.0. The van der Waals surface area contributed by atoms with Crippen LogP contribution in [-0.2, 0) is 25.5 Å². The second kappa shape index (κ2) is 12.1. The summed E-state index contributed by atoms with van der Waals surface area (Å²) in [6, 6.07) is 13.3. The van der Waals surface area contributed by atoms with Crippen molar-refractivity contribution in [2.45, 2.75) is 64.3 Å². The molecule has 190 valence electrons. The van der Waals surface area contributed by atoms with Crippen molar-refractivity contribution in [3.63, 3.8) is 0 Å². The molecule has 0 saturated carbocycles. The molecule has 0 aromatic heterocycles. The van der Waals surface area contributed by atoms with E-state index in [4.69, 9.17) is 10.5 Å².